The normalized spacial score (nSPS) is 9.47. The van der Waals surface area contributed by atoms with Crippen molar-refractivity contribution in [3.63, 3.8) is 0 Å². The van der Waals surface area contributed by atoms with Gasteiger partial charge in [0.25, 0.3) is 11.8 Å². The van der Waals surface area contributed by atoms with Crippen LogP contribution in [0.1, 0.15) is 10.5 Å². The second-order valence-electron chi connectivity index (χ2n) is 2.33. The quantitative estimate of drug-likeness (QED) is 0.604. The Morgan fingerprint density at radius 1 is 1.33 bits per heavy atom. The molecule has 80 valence electrons. The van der Waals surface area contributed by atoms with Crippen LogP contribution in [0.5, 0.6) is 0 Å². The lowest BCUT2D eigenvalue weighted by Crippen LogP contribution is -2.42. The van der Waals surface area contributed by atoms with Gasteiger partial charge >= 0.3 is 0 Å². The number of hydrogen-bond donors (Lipinski definition) is 2. The molecule has 15 heavy (non-hydrogen) atoms. The minimum absolute atomic E-state index is 0.0763. The largest absolute Gasteiger partial charge is 0.291 e. The number of rotatable bonds is 2. The molecule has 6 nitrogen and oxygen atoms in total. The van der Waals surface area contributed by atoms with E-state index in [1.807, 2.05) is 0 Å². The van der Waals surface area contributed by atoms with E-state index in [4.69, 9.17) is 11.6 Å². The molecular formula is C7H6BrClN4O2. The Morgan fingerprint density at radius 3 is 2.60 bits per heavy atom. The standard InChI is InChI=1S/C7H6BrClN4O2/c8-6-5(10-1-2-11-6)7(15)13-12-4(14)3-9/h1-2H,3H2,(H,12,14)(H,13,15). The number of carbonyl (C=O) groups is 2. The highest BCUT2D eigenvalue weighted by Gasteiger charge is 2.12. The number of alkyl halides is 1. The van der Waals surface area contributed by atoms with Crippen LogP contribution in [0, 0.1) is 0 Å². The van der Waals surface area contributed by atoms with E-state index in [1.165, 1.54) is 12.4 Å². The summed E-state index contributed by atoms with van der Waals surface area (Å²) in [7, 11) is 0. The zero-order chi connectivity index (χ0) is 11.3. The third-order valence-corrected chi connectivity index (χ3v) is 2.13. The van der Waals surface area contributed by atoms with Crippen molar-refractivity contribution < 1.29 is 9.59 Å². The second-order valence-corrected chi connectivity index (χ2v) is 3.35. The summed E-state index contributed by atoms with van der Waals surface area (Å²) in [6, 6.07) is 0. The van der Waals surface area contributed by atoms with E-state index < -0.39 is 11.8 Å². The van der Waals surface area contributed by atoms with Crippen molar-refractivity contribution in [2.24, 2.45) is 0 Å². The first-order valence-electron chi connectivity index (χ1n) is 3.76. The van der Waals surface area contributed by atoms with Gasteiger partial charge < -0.3 is 0 Å². The van der Waals surface area contributed by atoms with E-state index in [2.05, 4.69) is 36.7 Å². The van der Waals surface area contributed by atoms with Crippen molar-refractivity contribution in [1.82, 2.24) is 20.8 Å². The molecule has 1 rings (SSSR count). The zero-order valence-electron chi connectivity index (χ0n) is 7.33. The van der Waals surface area contributed by atoms with E-state index in [0.29, 0.717) is 4.60 Å². The number of hydrazine groups is 1. The summed E-state index contributed by atoms with van der Waals surface area (Å²) in [5, 5.41) is 0. The first kappa shape index (κ1) is 11.9. The molecule has 2 N–H and O–H groups in total. The molecule has 0 atom stereocenters. The van der Waals surface area contributed by atoms with Gasteiger partial charge in [-0.25, -0.2) is 9.97 Å². The van der Waals surface area contributed by atoms with Gasteiger partial charge in [0.1, 0.15) is 10.5 Å². The molecule has 0 spiro atoms. The molecular weight excluding hydrogens is 287 g/mol. The lowest BCUT2D eigenvalue weighted by Gasteiger charge is -2.05. The zero-order valence-corrected chi connectivity index (χ0v) is 9.67. The Bertz CT molecular complexity index is 387. The average Bonchev–Trinajstić information content (AvgIpc) is 2.26. The van der Waals surface area contributed by atoms with Gasteiger partial charge in [-0.2, -0.15) is 0 Å². The fraction of sp³-hybridized carbons (Fsp3) is 0.143. The summed E-state index contributed by atoms with van der Waals surface area (Å²) in [5.74, 6) is -1.32. The van der Waals surface area contributed by atoms with Crippen LogP contribution >= 0.6 is 27.5 Å². The van der Waals surface area contributed by atoms with E-state index in [9.17, 15) is 9.59 Å². The highest BCUT2D eigenvalue weighted by atomic mass is 79.9. The molecule has 0 saturated heterocycles. The summed E-state index contributed by atoms with van der Waals surface area (Å²) in [6.45, 7) is 0. The van der Waals surface area contributed by atoms with Gasteiger partial charge in [-0.05, 0) is 15.9 Å². The number of halogens is 2. The van der Waals surface area contributed by atoms with Crippen LogP contribution in [0.25, 0.3) is 0 Å². The lowest BCUT2D eigenvalue weighted by atomic mass is 10.4. The molecule has 0 aliphatic carbocycles. The van der Waals surface area contributed by atoms with Crippen LogP contribution in [0.4, 0.5) is 0 Å². The third-order valence-electron chi connectivity index (χ3n) is 1.31. The molecule has 1 aromatic rings. The lowest BCUT2D eigenvalue weighted by molar-refractivity contribution is -0.119. The number of aromatic nitrogens is 2. The molecule has 0 aliphatic heterocycles. The van der Waals surface area contributed by atoms with Crippen LogP contribution in [0.3, 0.4) is 0 Å². The monoisotopic (exact) mass is 292 g/mol. The number of hydrogen-bond acceptors (Lipinski definition) is 4. The summed E-state index contributed by atoms with van der Waals surface area (Å²) in [6.07, 6.45) is 2.79. The second kappa shape index (κ2) is 5.62. The van der Waals surface area contributed by atoms with Crippen molar-refractivity contribution in [2.75, 3.05) is 5.88 Å². The van der Waals surface area contributed by atoms with Crippen molar-refractivity contribution in [2.45, 2.75) is 0 Å². The maximum Gasteiger partial charge on any atom is 0.291 e. The van der Waals surface area contributed by atoms with E-state index in [0.717, 1.165) is 0 Å². The Hall–Kier alpha value is -1.21. The summed E-state index contributed by atoms with van der Waals surface area (Å²) in [5.41, 5.74) is 4.31. The van der Waals surface area contributed by atoms with Gasteiger partial charge in [0.05, 0.1) is 0 Å². The predicted octanol–water partition coefficient (Wildman–Crippen LogP) is 0.239. The average molecular weight is 294 g/mol. The molecule has 1 aromatic heterocycles. The number of nitrogens with zero attached hydrogens (tertiary/aromatic N) is 2. The van der Waals surface area contributed by atoms with Crippen LogP contribution in [0.15, 0.2) is 17.0 Å². The number of nitrogens with one attached hydrogen (secondary N) is 2. The van der Waals surface area contributed by atoms with Crippen LogP contribution in [0.2, 0.25) is 0 Å². The van der Waals surface area contributed by atoms with Gasteiger partial charge in [-0.3, -0.25) is 20.4 Å². The molecule has 0 radical (unpaired) electrons. The van der Waals surface area contributed by atoms with Gasteiger partial charge in [-0.15, -0.1) is 11.6 Å². The number of amides is 2. The van der Waals surface area contributed by atoms with Crippen molar-refractivity contribution >= 4 is 39.3 Å². The fourth-order valence-corrected chi connectivity index (χ4v) is 1.16. The predicted molar refractivity (Wildman–Crippen MR) is 56.1 cm³/mol. The first-order chi connectivity index (χ1) is 7.15. The fourth-order valence-electron chi connectivity index (χ4n) is 0.692. The van der Waals surface area contributed by atoms with Crippen LogP contribution in [-0.4, -0.2) is 27.7 Å². The maximum absolute atomic E-state index is 11.4. The molecule has 0 aliphatic rings. The van der Waals surface area contributed by atoms with Crippen molar-refractivity contribution in [3.8, 4) is 0 Å². The Kier molecular flexibility index (Phi) is 4.44. The van der Waals surface area contributed by atoms with Gasteiger partial charge in [0, 0.05) is 12.4 Å². The Balaban J connectivity index is 2.62. The molecule has 0 fully saturated rings. The minimum atomic E-state index is -0.576. The SMILES string of the molecule is O=C(CCl)NNC(=O)c1nccnc1Br. The number of carbonyl (C=O) groups excluding carboxylic acids is 2. The van der Waals surface area contributed by atoms with E-state index in [-0.39, 0.29) is 11.6 Å². The summed E-state index contributed by atoms with van der Waals surface area (Å²) in [4.78, 5) is 29.7. The van der Waals surface area contributed by atoms with Crippen molar-refractivity contribution in [1.29, 1.82) is 0 Å². The Labute approximate surface area is 98.5 Å². The minimum Gasteiger partial charge on any atom is -0.272 e. The highest BCUT2D eigenvalue weighted by Crippen LogP contribution is 2.08. The summed E-state index contributed by atoms with van der Waals surface area (Å²) >= 11 is 8.26. The van der Waals surface area contributed by atoms with Gasteiger partial charge in [-0.1, -0.05) is 0 Å². The molecule has 0 aromatic carbocycles. The summed E-state index contributed by atoms with van der Waals surface area (Å²) < 4.78 is 0.294. The van der Waals surface area contributed by atoms with Crippen LogP contribution < -0.4 is 10.9 Å². The molecule has 0 unspecified atom stereocenters. The van der Waals surface area contributed by atoms with Crippen LogP contribution in [-0.2, 0) is 4.79 Å². The van der Waals surface area contributed by atoms with Crippen molar-refractivity contribution in [3.05, 3.63) is 22.7 Å². The van der Waals surface area contributed by atoms with E-state index in [1.54, 1.807) is 0 Å². The van der Waals surface area contributed by atoms with E-state index >= 15 is 0 Å². The smallest absolute Gasteiger partial charge is 0.272 e. The molecule has 0 saturated carbocycles. The van der Waals surface area contributed by atoms with Gasteiger partial charge in [0.2, 0.25) is 0 Å². The molecule has 0 bridgehead atoms. The molecule has 2 amide bonds. The third kappa shape index (κ3) is 3.45. The Morgan fingerprint density at radius 2 is 2.00 bits per heavy atom. The topological polar surface area (TPSA) is 84.0 Å². The maximum atomic E-state index is 11.4. The highest BCUT2D eigenvalue weighted by molar-refractivity contribution is 9.10. The molecule has 1 heterocycles. The van der Waals surface area contributed by atoms with Gasteiger partial charge in [0.15, 0.2) is 5.69 Å². The first-order valence-corrected chi connectivity index (χ1v) is 5.09. The molecule has 8 heteroatoms.